The quantitative estimate of drug-likeness (QED) is 0.272. The van der Waals surface area contributed by atoms with Gasteiger partial charge >= 0.3 is 0 Å². The molecule has 7 nitrogen and oxygen atoms in total. The summed E-state index contributed by atoms with van der Waals surface area (Å²) in [5, 5.41) is 7.44. The molecule has 4 aromatic rings. The van der Waals surface area contributed by atoms with Gasteiger partial charge in [0.05, 0.1) is 16.9 Å². The van der Waals surface area contributed by atoms with Crippen LogP contribution in [0.3, 0.4) is 0 Å². The van der Waals surface area contributed by atoms with E-state index in [0.717, 1.165) is 53.9 Å². The normalized spacial score (nSPS) is 13.8. The number of fused-ring (bicyclic) bond motifs is 1. The zero-order valence-corrected chi connectivity index (χ0v) is 24.6. The number of benzene rings is 1. The van der Waals surface area contributed by atoms with Crippen LogP contribution in [0.1, 0.15) is 76.2 Å². The molecular weight excluding hydrogens is 508 g/mol. The molecule has 0 spiro atoms. The van der Waals surface area contributed by atoms with Gasteiger partial charge < -0.3 is 20.0 Å². The van der Waals surface area contributed by atoms with Gasteiger partial charge in [0.2, 0.25) is 0 Å². The summed E-state index contributed by atoms with van der Waals surface area (Å²) in [6, 6.07) is 9.72. The van der Waals surface area contributed by atoms with Gasteiger partial charge in [-0.3, -0.25) is 9.59 Å². The maximum atomic E-state index is 14.0. The summed E-state index contributed by atoms with van der Waals surface area (Å²) in [6.45, 7) is 15.4. The second-order valence-corrected chi connectivity index (χ2v) is 12.5. The fraction of sp³-hybridized carbons (Fsp3) is 0.387. The fourth-order valence-corrected chi connectivity index (χ4v) is 6.34. The van der Waals surface area contributed by atoms with E-state index in [-0.39, 0.29) is 17.4 Å². The van der Waals surface area contributed by atoms with E-state index in [1.54, 1.807) is 0 Å². The largest absolute Gasteiger partial charge is 0.461 e. The van der Waals surface area contributed by atoms with Crippen molar-refractivity contribution >= 4 is 44.7 Å². The Balaban J connectivity index is 1.77. The minimum Gasteiger partial charge on any atom is -0.461 e. The van der Waals surface area contributed by atoms with Gasteiger partial charge in [0.15, 0.2) is 0 Å². The van der Waals surface area contributed by atoms with E-state index >= 15 is 0 Å². The number of rotatable bonds is 5. The predicted octanol–water partition coefficient (Wildman–Crippen LogP) is 7.49. The third-order valence-electron chi connectivity index (χ3n) is 6.95. The molecule has 204 valence electrons. The van der Waals surface area contributed by atoms with Crippen LogP contribution in [-0.2, 0) is 0 Å². The summed E-state index contributed by atoms with van der Waals surface area (Å²) in [4.78, 5) is 35.9. The van der Waals surface area contributed by atoms with Gasteiger partial charge in [0.25, 0.3) is 11.8 Å². The average molecular weight is 545 g/mol. The van der Waals surface area contributed by atoms with Crippen molar-refractivity contribution in [2.24, 2.45) is 0 Å². The van der Waals surface area contributed by atoms with Crippen LogP contribution >= 0.6 is 11.3 Å². The summed E-state index contributed by atoms with van der Waals surface area (Å²) < 4.78 is 6.14. The fourth-order valence-electron chi connectivity index (χ4n) is 5.18. The number of nitrogens with zero attached hydrogens (tertiary/aromatic N) is 2. The highest BCUT2D eigenvalue weighted by Crippen LogP contribution is 2.45. The second-order valence-electron chi connectivity index (χ2n) is 11.5. The van der Waals surface area contributed by atoms with Gasteiger partial charge in [-0.1, -0.05) is 17.7 Å². The second kappa shape index (κ2) is 10.2. The molecule has 0 atom stereocenters. The number of nitrogens with one attached hydrogen (secondary N) is 2. The van der Waals surface area contributed by atoms with E-state index in [9.17, 15) is 9.59 Å². The Hall–Kier alpha value is -3.65. The molecule has 39 heavy (non-hydrogen) atoms. The smallest absolute Gasteiger partial charge is 0.266 e. The summed E-state index contributed by atoms with van der Waals surface area (Å²) in [7, 11) is 0. The molecule has 1 saturated heterocycles. The molecule has 1 fully saturated rings. The van der Waals surface area contributed by atoms with Gasteiger partial charge in [-0.25, -0.2) is 4.98 Å². The maximum Gasteiger partial charge on any atom is 0.266 e. The number of furan rings is 1. The molecule has 2 N–H and O–H groups in total. The summed E-state index contributed by atoms with van der Waals surface area (Å²) in [5.74, 6) is 1.05. The molecule has 1 aliphatic rings. The SMILES string of the molecule is Cc1ccc(NC(=O)c2c(C)nc3sc(C(=O)N4CCCC4)c(NC(C)(C)C)c3c2-c2ccc(C)o2)c(C)c1. The van der Waals surface area contributed by atoms with Crippen LogP contribution in [0.25, 0.3) is 21.5 Å². The third kappa shape index (κ3) is 5.30. The van der Waals surface area contributed by atoms with Crippen LogP contribution in [0, 0.1) is 27.7 Å². The molecule has 4 heterocycles. The van der Waals surface area contributed by atoms with Crippen LogP contribution < -0.4 is 10.6 Å². The minimum atomic E-state index is -0.337. The number of carbonyl (C=O) groups is 2. The molecule has 8 heteroatoms. The van der Waals surface area contributed by atoms with Crippen LogP contribution in [0.4, 0.5) is 11.4 Å². The van der Waals surface area contributed by atoms with Crippen molar-refractivity contribution < 1.29 is 14.0 Å². The average Bonchev–Trinajstić information content (AvgIpc) is 3.59. The molecule has 0 aliphatic carbocycles. The van der Waals surface area contributed by atoms with Crippen molar-refractivity contribution in [3.8, 4) is 11.3 Å². The highest BCUT2D eigenvalue weighted by Gasteiger charge is 2.32. The minimum absolute atomic E-state index is 0.00256. The standard InChI is InChI=1S/C31H36N4O3S/c1-17-10-12-21(18(2)16-17)33-28(36)23-20(4)32-29-25(24(23)22-13-11-19(3)38-22)26(34-31(5,6)7)27(39-29)30(37)35-14-8-9-15-35/h10-13,16,34H,8-9,14-15H2,1-7H3,(H,33,36). The van der Waals surface area contributed by atoms with Gasteiger partial charge in [-0.2, -0.15) is 0 Å². The van der Waals surface area contributed by atoms with Crippen LogP contribution in [0.15, 0.2) is 34.7 Å². The van der Waals surface area contributed by atoms with Gasteiger partial charge in [0, 0.05) is 35.3 Å². The van der Waals surface area contributed by atoms with Crippen molar-refractivity contribution in [1.29, 1.82) is 0 Å². The number of hydrogen-bond donors (Lipinski definition) is 2. The molecule has 1 aromatic carbocycles. The lowest BCUT2D eigenvalue weighted by Crippen LogP contribution is -2.30. The van der Waals surface area contributed by atoms with E-state index in [0.29, 0.717) is 38.0 Å². The molecule has 3 aromatic heterocycles. The number of aryl methyl sites for hydroxylation is 4. The Morgan fingerprint density at radius 1 is 1.03 bits per heavy atom. The molecule has 0 radical (unpaired) electrons. The van der Waals surface area contributed by atoms with Gasteiger partial charge in [-0.05, 0) is 85.1 Å². The molecule has 0 unspecified atom stereocenters. The van der Waals surface area contributed by atoms with Crippen molar-refractivity contribution in [1.82, 2.24) is 9.88 Å². The monoisotopic (exact) mass is 544 g/mol. The van der Waals surface area contributed by atoms with Gasteiger partial charge in [-0.15, -0.1) is 11.3 Å². The zero-order valence-electron chi connectivity index (χ0n) is 23.7. The van der Waals surface area contributed by atoms with Crippen LogP contribution in [0.5, 0.6) is 0 Å². The number of hydrogen-bond acceptors (Lipinski definition) is 6. The molecular formula is C31H36N4O3S. The summed E-state index contributed by atoms with van der Waals surface area (Å²) >= 11 is 1.38. The van der Waals surface area contributed by atoms with E-state index in [1.165, 1.54) is 11.3 Å². The predicted molar refractivity (Wildman–Crippen MR) is 159 cm³/mol. The number of amides is 2. The van der Waals surface area contributed by atoms with Gasteiger partial charge in [0.1, 0.15) is 21.2 Å². The first-order valence-electron chi connectivity index (χ1n) is 13.4. The zero-order chi connectivity index (χ0) is 28.1. The number of anilines is 2. The van der Waals surface area contributed by atoms with Crippen LogP contribution in [-0.4, -0.2) is 40.3 Å². The van der Waals surface area contributed by atoms with Crippen LogP contribution in [0.2, 0.25) is 0 Å². The highest BCUT2D eigenvalue weighted by atomic mass is 32.1. The lowest BCUT2D eigenvalue weighted by atomic mass is 9.97. The van der Waals surface area contributed by atoms with E-state index in [2.05, 4.69) is 31.4 Å². The first-order valence-corrected chi connectivity index (χ1v) is 14.2. The number of thiophene rings is 1. The van der Waals surface area contributed by atoms with Crippen molar-refractivity contribution in [3.63, 3.8) is 0 Å². The lowest BCUT2D eigenvalue weighted by Gasteiger charge is -2.24. The van der Waals surface area contributed by atoms with Crippen molar-refractivity contribution in [2.45, 2.75) is 66.8 Å². The number of pyridine rings is 1. The number of aromatic nitrogens is 1. The molecule has 2 amide bonds. The first-order chi connectivity index (χ1) is 18.4. The van der Waals surface area contributed by atoms with E-state index in [4.69, 9.17) is 9.40 Å². The van der Waals surface area contributed by atoms with E-state index in [1.807, 2.05) is 62.9 Å². The van der Waals surface area contributed by atoms with Crippen molar-refractivity contribution in [2.75, 3.05) is 23.7 Å². The highest BCUT2D eigenvalue weighted by molar-refractivity contribution is 7.21. The van der Waals surface area contributed by atoms with Crippen molar-refractivity contribution in [3.05, 3.63) is 63.4 Å². The molecule has 5 rings (SSSR count). The number of carbonyl (C=O) groups excluding carboxylic acids is 2. The molecule has 0 bridgehead atoms. The topological polar surface area (TPSA) is 87.5 Å². The molecule has 1 aliphatic heterocycles. The Labute approximate surface area is 233 Å². The Morgan fingerprint density at radius 2 is 1.74 bits per heavy atom. The Morgan fingerprint density at radius 3 is 2.36 bits per heavy atom. The summed E-state index contributed by atoms with van der Waals surface area (Å²) in [5.41, 5.74) is 4.89. The number of likely N-dealkylation sites (tertiary alicyclic amines) is 1. The van der Waals surface area contributed by atoms with E-state index < -0.39 is 0 Å². The maximum absolute atomic E-state index is 14.0. The molecule has 0 saturated carbocycles. The Kier molecular flexibility index (Phi) is 7.01. The third-order valence-corrected chi connectivity index (χ3v) is 8.02. The summed E-state index contributed by atoms with van der Waals surface area (Å²) in [6.07, 6.45) is 2.02. The lowest BCUT2D eigenvalue weighted by molar-refractivity contribution is 0.0798. The Bertz CT molecular complexity index is 1590. The first kappa shape index (κ1) is 26.9.